The largest absolute Gasteiger partial charge is 0.444 e. The summed E-state index contributed by atoms with van der Waals surface area (Å²) in [6.07, 6.45) is 2.09. The molecule has 2 rings (SSSR count). The molecule has 0 saturated carbocycles. The van der Waals surface area contributed by atoms with Gasteiger partial charge in [0, 0.05) is 26.2 Å². The van der Waals surface area contributed by atoms with E-state index in [1.165, 1.54) is 13.1 Å². The van der Waals surface area contributed by atoms with E-state index in [4.69, 9.17) is 4.74 Å². The number of piperidine rings is 1. The summed E-state index contributed by atoms with van der Waals surface area (Å²) in [4.78, 5) is 16.1. The summed E-state index contributed by atoms with van der Waals surface area (Å²) in [6, 6.07) is 0. The molecule has 0 radical (unpaired) electrons. The average molecular weight is 240 g/mol. The van der Waals surface area contributed by atoms with Crippen LogP contribution in [0.1, 0.15) is 33.6 Å². The first-order valence-corrected chi connectivity index (χ1v) is 6.46. The van der Waals surface area contributed by atoms with E-state index in [1.54, 1.807) is 0 Å². The van der Waals surface area contributed by atoms with Gasteiger partial charge in [0.05, 0.1) is 0 Å². The van der Waals surface area contributed by atoms with Crippen LogP contribution in [0.4, 0.5) is 4.79 Å². The molecule has 0 N–H and O–H groups in total. The first kappa shape index (κ1) is 12.7. The lowest BCUT2D eigenvalue weighted by atomic mass is 9.72. The maximum atomic E-state index is 11.9. The number of hydrogen-bond acceptors (Lipinski definition) is 3. The summed E-state index contributed by atoms with van der Waals surface area (Å²) in [7, 11) is 2.16. The highest BCUT2D eigenvalue weighted by molar-refractivity contribution is 5.68. The second kappa shape index (κ2) is 4.16. The van der Waals surface area contributed by atoms with Crippen LogP contribution >= 0.6 is 0 Å². The van der Waals surface area contributed by atoms with Crippen molar-refractivity contribution in [2.45, 2.75) is 39.2 Å². The molecule has 2 aliphatic rings. The van der Waals surface area contributed by atoms with Crippen molar-refractivity contribution in [3.63, 3.8) is 0 Å². The van der Waals surface area contributed by atoms with E-state index >= 15 is 0 Å². The molecule has 0 atom stereocenters. The molecular weight excluding hydrogens is 216 g/mol. The van der Waals surface area contributed by atoms with Gasteiger partial charge in [-0.05, 0) is 46.1 Å². The van der Waals surface area contributed by atoms with Gasteiger partial charge in [-0.1, -0.05) is 0 Å². The molecule has 1 amide bonds. The monoisotopic (exact) mass is 240 g/mol. The summed E-state index contributed by atoms with van der Waals surface area (Å²) < 4.78 is 5.39. The topological polar surface area (TPSA) is 32.8 Å². The van der Waals surface area contributed by atoms with Crippen molar-refractivity contribution in [3.8, 4) is 0 Å². The summed E-state index contributed by atoms with van der Waals surface area (Å²) in [5.41, 5.74) is 0.107. The molecule has 0 aliphatic carbocycles. The zero-order chi connectivity index (χ0) is 12.7. The van der Waals surface area contributed by atoms with Crippen LogP contribution in [0.25, 0.3) is 0 Å². The summed E-state index contributed by atoms with van der Waals surface area (Å²) >= 11 is 0. The Balaban J connectivity index is 1.81. The number of amides is 1. The lowest BCUT2D eigenvalue weighted by molar-refractivity contribution is -0.0393. The molecule has 0 aromatic rings. The predicted octanol–water partition coefficient (Wildman–Crippen LogP) is 1.95. The summed E-state index contributed by atoms with van der Waals surface area (Å²) in [5.74, 6) is 0. The first-order chi connectivity index (χ1) is 7.80. The molecular formula is C13H24N2O2. The number of rotatable bonds is 0. The molecule has 2 aliphatic heterocycles. The number of nitrogens with zero attached hydrogens (tertiary/aromatic N) is 2. The molecule has 4 nitrogen and oxygen atoms in total. The highest BCUT2D eigenvalue weighted by atomic mass is 16.6. The minimum Gasteiger partial charge on any atom is -0.444 e. The Morgan fingerprint density at radius 3 is 2.12 bits per heavy atom. The molecule has 0 unspecified atom stereocenters. The molecule has 4 heteroatoms. The molecule has 2 heterocycles. The third-order valence-electron chi connectivity index (χ3n) is 3.69. The lowest BCUT2D eigenvalue weighted by Gasteiger charge is -2.52. The van der Waals surface area contributed by atoms with E-state index in [-0.39, 0.29) is 11.7 Å². The fourth-order valence-corrected chi connectivity index (χ4v) is 2.91. The van der Waals surface area contributed by atoms with Gasteiger partial charge in [-0.3, -0.25) is 0 Å². The predicted molar refractivity (Wildman–Crippen MR) is 67.0 cm³/mol. The van der Waals surface area contributed by atoms with Crippen molar-refractivity contribution < 1.29 is 9.53 Å². The molecule has 1 spiro atoms. The van der Waals surface area contributed by atoms with Crippen molar-refractivity contribution >= 4 is 6.09 Å². The normalized spacial score (nSPS) is 24.6. The quantitative estimate of drug-likeness (QED) is 0.649. The summed E-state index contributed by atoms with van der Waals surface area (Å²) in [5, 5.41) is 0. The zero-order valence-electron chi connectivity index (χ0n) is 11.5. The number of carbonyl (C=O) groups excluding carboxylic acids is 1. The second-order valence-corrected chi connectivity index (χ2v) is 6.64. The van der Waals surface area contributed by atoms with Gasteiger partial charge in [0.15, 0.2) is 0 Å². The smallest absolute Gasteiger partial charge is 0.410 e. The third-order valence-corrected chi connectivity index (χ3v) is 3.69. The Hall–Kier alpha value is -0.770. The van der Waals surface area contributed by atoms with Crippen LogP contribution in [-0.2, 0) is 4.74 Å². The van der Waals surface area contributed by atoms with Crippen LogP contribution in [0.3, 0.4) is 0 Å². The van der Waals surface area contributed by atoms with Crippen LogP contribution in [0.15, 0.2) is 0 Å². The third kappa shape index (κ3) is 2.92. The minimum absolute atomic E-state index is 0.153. The number of likely N-dealkylation sites (tertiary alicyclic amines) is 2. The van der Waals surface area contributed by atoms with Gasteiger partial charge >= 0.3 is 6.09 Å². The van der Waals surface area contributed by atoms with Gasteiger partial charge < -0.3 is 14.5 Å². The van der Waals surface area contributed by atoms with Crippen molar-refractivity contribution in [2.75, 3.05) is 33.2 Å². The van der Waals surface area contributed by atoms with Gasteiger partial charge in [0.25, 0.3) is 0 Å². The summed E-state index contributed by atoms with van der Waals surface area (Å²) in [6.45, 7) is 9.82. The van der Waals surface area contributed by atoms with Gasteiger partial charge in [-0.15, -0.1) is 0 Å². The molecule has 2 saturated heterocycles. The SMILES string of the molecule is CN1CC2(CCN(C(=O)OC(C)(C)C)CC2)C1. The van der Waals surface area contributed by atoms with Crippen molar-refractivity contribution in [1.29, 1.82) is 0 Å². The number of carbonyl (C=O) groups is 1. The average Bonchev–Trinajstić information content (AvgIpc) is 2.14. The van der Waals surface area contributed by atoms with Crippen LogP contribution in [0.5, 0.6) is 0 Å². The van der Waals surface area contributed by atoms with Crippen LogP contribution < -0.4 is 0 Å². The fraction of sp³-hybridized carbons (Fsp3) is 0.923. The van der Waals surface area contributed by atoms with Crippen molar-refractivity contribution in [1.82, 2.24) is 9.80 Å². The Morgan fingerprint density at radius 2 is 1.71 bits per heavy atom. The number of ether oxygens (including phenoxy) is 1. The van der Waals surface area contributed by atoms with Crippen LogP contribution in [0, 0.1) is 5.41 Å². The molecule has 17 heavy (non-hydrogen) atoms. The maximum absolute atomic E-state index is 11.9. The van der Waals surface area contributed by atoms with Crippen molar-refractivity contribution in [2.24, 2.45) is 5.41 Å². The van der Waals surface area contributed by atoms with E-state index in [0.717, 1.165) is 25.9 Å². The van der Waals surface area contributed by atoms with Crippen molar-refractivity contribution in [3.05, 3.63) is 0 Å². The van der Waals surface area contributed by atoms with E-state index < -0.39 is 0 Å². The van der Waals surface area contributed by atoms with E-state index in [1.807, 2.05) is 25.7 Å². The Labute approximate surface area is 104 Å². The Bertz CT molecular complexity index is 293. The highest BCUT2D eigenvalue weighted by Crippen LogP contribution is 2.39. The second-order valence-electron chi connectivity index (χ2n) is 6.64. The van der Waals surface area contributed by atoms with E-state index in [0.29, 0.717) is 5.41 Å². The number of hydrogen-bond donors (Lipinski definition) is 0. The van der Waals surface area contributed by atoms with Crippen LogP contribution in [-0.4, -0.2) is 54.7 Å². The fourth-order valence-electron chi connectivity index (χ4n) is 2.91. The van der Waals surface area contributed by atoms with Gasteiger partial charge in [-0.2, -0.15) is 0 Å². The Kier molecular flexibility index (Phi) is 3.10. The molecule has 0 bridgehead atoms. The first-order valence-electron chi connectivity index (χ1n) is 6.46. The highest BCUT2D eigenvalue weighted by Gasteiger charge is 2.44. The molecule has 0 aromatic heterocycles. The van der Waals surface area contributed by atoms with Gasteiger partial charge in [-0.25, -0.2) is 4.79 Å². The standard InChI is InChI=1S/C13H24N2O2/c1-12(2,3)17-11(16)15-7-5-13(6-8-15)9-14(4)10-13/h5-10H2,1-4H3. The molecule has 98 valence electrons. The Morgan fingerprint density at radius 1 is 1.18 bits per heavy atom. The maximum Gasteiger partial charge on any atom is 0.410 e. The van der Waals surface area contributed by atoms with E-state index in [2.05, 4.69) is 11.9 Å². The lowest BCUT2D eigenvalue weighted by Crippen LogP contribution is -2.59. The van der Waals surface area contributed by atoms with Gasteiger partial charge in [0.2, 0.25) is 0 Å². The molecule has 2 fully saturated rings. The minimum atomic E-state index is -0.386. The zero-order valence-corrected chi connectivity index (χ0v) is 11.5. The van der Waals surface area contributed by atoms with E-state index in [9.17, 15) is 4.79 Å². The molecule has 0 aromatic carbocycles. The van der Waals surface area contributed by atoms with Crippen LogP contribution in [0.2, 0.25) is 0 Å². The van der Waals surface area contributed by atoms with Gasteiger partial charge in [0.1, 0.15) is 5.60 Å².